The Morgan fingerprint density at radius 1 is 1.18 bits per heavy atom. The standard InChI is InChI=1S/C27H34N4O3/c32-25(18-1-2-18)30-11-7-17(15-30)16-31-24(29-27(9-10-27)26(31)33)21-3-5-22(28-14-21)19-4-6-23-20(13-19)8-12-34-23/h4-6,17-18,20-21,28H,1-3,7-16H2/t17-,20?,21?/m1/s1. The van der Waals surface area contributed by atoms with E-state index in [1.165, 1.54) is 11.3 Å². The van der Waals surface area contributed by atoms with Crippen molar-refractivity contribution < 1.29 is 14.3 Å². The number of amides is 2. The minimum atomic E-state index is -0.461. The molecular formula is C27H34N4O3. The number of allylic oxidation sites excluding steroid dienone is 5. The molecule has 2 saturated heterocycles. The minimum Gasteiger partial charge on any atom is -0.498 e. The molecule has 2 unspecified atom stereocenters. The maximum Gasteiger partial charge on any atom is 0.255 e. The van der Waals surface area contributed by atoms with Crippen molar-refractivity contribution in [2.24, 2.45) is 28.7 Å². The molecule has 3 aliphatic carbocycles. The summed E-state index contributed by atoms with van der Waals surface area (Å²) in [5.74, 6) is 4.06. The average molecular weight is 463 g/mol. The molecule has 0 bridgehead atoms. The molecule has 4 heterocycles. The average Bonchev–Trinajstić information content (AvgIpc) is 3.74. The van der Waals surface area contributed by atoms with Crippen LogP contribution in [0.5, 0.6) is 0 Å². The van der Waals surface area contributed by atoms with Crippen molar-refractivity contribution in [2.75, 3.05) is 32.8 Å². The van der Waals surface area contributed by atoms with Crippen LogP contribution in [0.3, 0.4) is 0 Å². The third-order valence-electron chi connectivity index (χ3n) is 8.85. The number of carbonyl (C=O) groups is 2. The van der Waals surface area contributed by atoms with Gasteiger partial charge in [-0.3, -0.25) is 19.5 Å². The summed E-state index contributed by atoms with van der Waals surface area (Å²) < 4.78 is 5.71. The number of aliphatic imine (C=N–C) groups is 1. The number of likely N-dealkylation sites (tertiary alicyclic amines) is 1. The van der Waals surface area contributed by atoms with E-state index in [9.17, 15) is 9.59 Å². The zero-order valence-corrected chi connectivity index (χ0v) is 19.8. The van der Waals surface area contributed by atoms with Crippen LogP contribution in [0.2, 0.25) is 0 Å². The highest BCUT2D eigenvalue weighted by Crippen LogP contribution is 2.47. The first kappa shape index (κ1) is 20.8. The second-order valence-electron chi connectivity index (χ2n) is 11.4. The summed E-state index contributed by atoms with van der Waals surface area (Å²) in [6, 6.07) is 0. The van der Waals surface area contributed by atoms with E-state index in [4.69, 9.17) is 9.73 Å². The number of carbonyl (C=O) groups excluding carboxylic acids is 2. The third kappa shape index (κ3) is 3.50. The molecule has 0 aromatic carbocycles. The number of nitrogens with one attached hydrogen (secondary N) is 1. The van der Waals surface area contributed by atoms with Gasteiger partial charge in [-0.15, -0.1) is 0 Å². The van der Waals surface area contributed by atoms with Crippen LogP contribution in [0.25, 0.3) is 0 Å². The van der Waals surface area contributed by atoms with E-state index in [1.54, 1.807) is 0 Å². The molecule has 4 aliphatic heterocycles. The maximum absolute atomic E-state index is 13.3. The van der Waals surface area contributed by atoms with Crippen LogP contribution in [0.1, 0.15) is 51.4 Å². The van der Waals surface area contributed by atoms with Gasteiger partial charge < -0.3 is 15.0 Å². The first-order valence-electron chi connectivity index (χ1n) is 13.3. The number of rotatable bonds is 5. The predicted molar refractivity (Wildman–Crippen MR) is 128 cm³/mol. The van der Waals surface area contributed by atoms with E-state index >= 15 is 0 Å². The second-order valence-corrected chi connectivity index (χ2v) is 11.4. The Hall–Kier alpha value is -2.57. The molecule has 180 valence electrons. The van der Waals surface area contributed by atoms with Crippen molar-refractivity contribution in [1.82, 2.24) is 15.1 Å². The summed E-state index contributed by atoms with van der Waals surface area (Å²) in [7, 11) is 0. The van der Waals surface area contributed by atoms with Gasteiger partial charge in [0, 0.05) is 49.6 Å². The SMILES string of the molecule is O=C(C1CC1)N1CC[C@@H](CN2C(=O)C3(CC3)N=C2C2CC=C(C3=CC=C4OCCC4C3)NC2)C1. The van der Waals surface area contributed by atoms with Gasteiger partial charge in [0.1, 0.15) is 11.4 Å². The Kier molecular flexibility index (Phi) is 4.72. The lowest BCUT2D eigenvalue weighted by Crippen LogP contribution is -2.45. The van der Waals surface area contributed by atoms with Crippen molar-refractivity contribution in [3.05, 3.63) is 35.3 Å². The molecule has 7 nitrogen and oxygen atoms in total. The maximum atomic E-state index is 13.3. The number of hydrogen-bond donors (Lipinski definition) is 1. The molecule has 1 spiro atoms. The van der Waals surface area contributed by atoms with Crippen molar-refractivity contribution in [2.45, 2.75) is 56.9 Å². The van der Waals surface area contributed by atoms with Crippen molar-refractivity contribution in [1.29, 1.82) is 0 Å². The summed E-state index contributed by atoms with van der Waals surface area (Å²) in [6.45, 7) is 4.00. The van der Waals surface area contributed by atoms with Crippen molar-refractivity contribution in [3.8, 4) is 0 Å². The highest BCUT2D eigenvalue weighted by molar-refractivity contribution is 6.10. The molecule has 34 heavy (non-hydrogen) atoms. The summed E-state index contributed by atoms with van der Waals surface area (Å²) in [4.78, 5) is 34.9. The van der Waals surface area contributed by atoms with E-state index in [0.717, 1.165) is 89.2 Å². The Morgan fingerprint density at radius 2 is 2.06 bits per heavy atom. The van der Waals surface area contributed by atoms with E-state index in [0.29, 0.717) is 24.3 Å². The van der Waals surface area contributed by atoms with Gasteiger partial charge in [-0.25, -0.2) is 0 Å². The lowest BCUT2D eigenvalue weighted by atomic mass is 9.88. The van der Waals surface area contributed by atoms with E-state index in [1.807, 2.05) is 9.80 Å². The number of ether oxygens (including phenoxy) is 1. The first-order chi connectivity index (χ1) is 16.6. The smallest absolute Gasteiger partial charge is 0.255 e. The van der Waals surface area contributed by atoms with Gasteiger partial charge in [0.2, 0.25) is 5.91 Å². The molecule has 0 aromatic heterocycles. The summed E-state index contributed by atoms with van der Waals surface area (Å²) in [5.41, 5.74) is 2.14. The lowest BCUT2D eigenvalue weighted by Gasteiger charge is -2.31. The lowest BCUT2D eigenvalue weighted by molar-refractivity contribution is -0.131. The van der Waals surface area contributed by atoms with E-state index in [2.05, 4.69) is 23.5 Å². The number of nitrogens with zero attached hydrogens (tertiary/aromatic N) is 3. The molecular weight excluding hydrogens is 428 g/mol. The molecule has 2 saturated carbocycles. The molecule has 2 amide bonds. The van der Waals surface area contributed by atoms with Gasteiger partial charge >= 0.3 is 0 Å². The van der Waals surface area contributed by atoms with Gasteiger partial charge in [0.15, 0.2) is 0 Å². The number of amidine groups is 1. The molecule has 7 heteroatoms. The van der Waals surface area contributed by atoms with Crippen LogP contribution < -0.4 is 5.32 Å². The van der Waals surface area contributed by atoms with Crippen LogP contribution >= 0.6 is 0 Å². The van der Waals surface area contributed by atoms with Gasteiger partial charge in [-0.2, -0.15) is 0 Å². The minimum absolute atomic E-state index is 0.207. The largest absolute Gasteiger partial charge is 0.498 e. The summed E-state index contributed by atoms with van der Waals surface area (Å²) in [5, 5.41) is 3.66. The normalized spacial score (nSPS) is 33.6. The molecule has 0 radical (unpaired) electrons. The van der Waals surface area contributed by atoms with E-state index < -0.39 is 5.54 Å². The Labute approximate surface area is 201 Å². The molecule has 1 N–H and O–H groups in total. The highest BCUT2D eigenvalue weighted by Gasteiger charge is 2.58. The molecule has 7 rings (SSSR count). The quantitative estimate of drug-likeness (QED) is 0.682. The molecule has 3 atom stereocenters. The van der Waals surface area contributed by atoms with Crippen LogP contribution in [-0.4, -0.2) is 65.8 Å². The first-order valence-corrected chi connectivity index (χ1v) is 13.3. The van der Waals surface area contributed by atoms with Crippen LogP contribution in [0.4, 0.5) is 0 Å². The second kappa shape index (κ2) is 7.72. The monoisotopic (exact) mass is 462 g/mol. The highest BCUT2D eigenvalue weighted by atomic mass is 16.5. The van der Waals surface area contributed by atoms with Crippen LogP contribution in [0, 0.1) is 23.7 Å². The third-order valence-corrected chi connectivity index (χ3v) is 8.85. The van der Waals surface area contributed by atoms with Crippen LogP contribution in [0.15, 0.2) is 40.2 Å². The summed E-state index contributed by atoms with van der Waals surface area (Å²) in [6.07, 6.45) is 14.6. The zero-order chi connectivity index (χ0) is 22.9. The van der Waals surface area contributed by atoms with Gasteiger partial charge in [-0.05, 0) is 68.9 Å². The molecule has 7 aliphatic rings. The topological polar surface area (TPSA) is 74.2 Å². The Balaban J connectivity index is 1.04. The fourth-order valence-electron chi connectivity index (χ4n) is 6.42. The molecule has 4 fully saturated rings. The Morgan fingerprint density at radius 3 is 2.82 bits per heavy atom. The van der Waals surface area contributed by atoms with Gasteiger partial charge in [-0.1, -0.05) is 12.2 Å². The predicted octanol–water partition coefficient (Wildman–Crippen LogP) is 2.76. The van der Waals surface area contributed by atoms with Crippen molar-refractivity contribution >= 4 is 17.6 Å². The van der Waals surface area contributed by atoms with Gasteiger partial charge in [0.05, 0.1) is 12.4 Å². The number of hydrogen-bond acceptors (Lipinski definition) is 5. The van der Waals surface area contributed by atoms with Gasteiger partial charge in [0.25, 0.3) is 5.91 Å². The zero-order valence-electron chi connectivity index (χ0n) is 19.8. The number of fused-ring (bicyclic) bond motifs is 1. The Bertz CT molecular complexity index is 1050. The van der Waals surface area contributed by atoms with E-state index in [-0.39, 0.29) is 17.7 Å². The summed E-state index contributed by atoms with van der Waals surface area (Å²) >= 11 is 0. The fourth-order valence-corrected chi connectivity index (χ4v) is 6.42. The molecule has 0 aromatic rings. The van der Waals surface area contributed by atoms with Crippen LogP contribution in [-0.2, 0) is 14.3 Å². The fraction of sp³-hybridized carbons (Fsp3) is 0.667. The van der Waals surface area contributed by atoms with Crippen molar-refractivity contribution in [3.63, 3.8) is 0 Å².